The van der Waals surface area contributed by atoms with Crippen molar-refractivity contribution in [3.63, 3.8) is 0 Å². The fraction of sp³-hybridized carbons (Fsp3) is 0.296. The number of hydrogen-bond acceptors (Lipinski definition) is 8. The molecule has 0 unspecified atom stereocenters. The van der Waals surface area contributed by atoms with E-state index in [2.05, 4.69) is 15.4 Å². The van der Waals surface area contributed by atoms with Gasteiger partial charge < -0.3 is 30.0 Å². The average molecular weight is 546 g/mol. The first-order valence-electron chi connectivity index (χ1n) is 12.0. The van der Waals surface area contributed by atoms with E-state index in [0.717, 1.165) is 0 Å². The number of nitrogens with one attached hydrogen (secondary N) is 2. The zero-order valence-electron chi connectivity index (χ0n) is 20.7. The lowest BCUT2D eigenvalue weighted by atomic mass is 10.0. The van der Waals surface area contributed by atoms with Gasteiger partial charge in [0.2, 0.25) is 0 Å². The molecule has 1 fully saturated rings. The van der Waals surface area contributed by atoms with Crippen molar-refractivity contribution in [2.75, 3.05) is 20.2 Å². The number of carbonyl (C=O) groups is 3. The number of aromatic hydroxyl groups is 1. The maximum absolute atomic E-state index is 13.3. The summed E-state index contributed by atoms with van der Waals surface area (Å²) in [6.45, 7) is 0.989. The Morgan fingerprint density at radius 3 is 2.49 bits per heavy atom. The molecule has 1 aliphatic rings. The smallest absolute Gasteiger partial charge is 0.491 e. The maximum atomic E-state index is 13.3. The molecule has 3 N–H and O–H groups in total. The van der Waals surface area contributed by atoms with E-state index in [1.807, 2.05) is 0 Å². The van der Waals surface area contributed by atoms with Gasteiger partial charge >= 0.3 is 18.1 Å². The van der Waals surface area contributed by atoms with Gasteiger partial charge in [-0.3, -0.25) is 4.79 Å². The molecular weight excluding hydrogens is 521 g/mol. The Hall–Kier alpha value is -4.32. The minimum Gasteiger partial charge on any atom is -0.508 e. The topological polar surface area (TPSA) is 123 Å². The van der Waals surface area contributed by atoms with E-state index in [0.29, 0.717) is 36.9 Å². The highest BCUT2D eigenvalue weighted by molar-refractivity contribution is 6.01. The summed E-state index contributed by atoms with van der Waals surface area (Å²) in [5.41, 5.74) is 0.325. The number of carbonyl (C=O) groups excluding carboxylic acids is 3. The van der Waals surface area contributed by atoms with Crippen LogP contribution < -0.4 is 20.1 Å². The van der Waals surface area contributed by atoms with Crippen LogP contribution >= 0.6 is 0 Å². The van der Waals surface area contributed by atoms with Crippen LogP contribution in [0.15, 0.2) is 54.6 Å². The van der Waals surface area contributed by atoms with Crippen molar-refractivity contribution in [3.8, 4) is 17.2 Å². The van der Waals surface area contributed by atoms with E-state index in [4.69, 9.17) is 9.47 Å². The van der Waals surface area contributed by atoms with Crippen LogP contribution in [-0.2, 0) is 9.53 Å². The largest absolute Gasteiger partial charge is 0.508 e. The lowest BCUT2D eigenvalue weighted by molar-refractivity contribution is -0.189. The first kappa shape index (κ1) is 27.7. The number of halogens is 3. The van der Waals surface area contributed by atoms with Gasteiger partial charge in [0.15, 0.2) is 0 Å². The summed E-state index contributed by atoms with van der Waals surface area (Å²) in [4.78, 5) is 37.4. The number of ether oxygens (including phenoxy) is 3. The zero-order valence-corrected chi connectivity index (χ0v) is 20.7. The Labute approximate surface area is 220 Å². The van der Waals surface area contributed by atoms with Gasteiger partial charge in [-0.15, -0.1) is 0 Å². The predicted octanol–water partition coefficient (Wildman–Crippen LogP) is 3.73. The number of phenols is 1. The van der Waals surface area contributed by atoms with Crippen molar-refractivity contribution >= 4 is 28.6 Å². The number of alkyl halides is 3. The molecule has 0 aliphatic carbocycles. The van der Waals surface area contributed by atoms with Gasteiger partial charge in [0.25, 0.3) is 5.91 Å². The molecule has 1 aliphatic heterocycles. The van der Waals surface area contributed by atoms with Crippen LogP contribution in [0.3, 0.4) is 0 Å². The minimum absolute atomic E-state index is 0.000525. The third kappa shape index (κ3) is 6.58. The Bertz CT molecular complexity index is 1380. The van der Waals surface area contributed by atoms with Gasteiger partial charge in [-0.2, -0.15) is 13.2 Å². The number of phenolic OH excluding ortho intramolecular Hbond substituents is 1. The normalized spacial score (nSPS) is 17.6. The maximum Gasteiger partial charge on any atom is 0.491 e. The molecule has 0 radical (unpaired) electrons. The van der Waals surface area contributed by atoms with Crippen LogP contribution in [-0.4, -0.2) is 61.5 Å². The summed E-state index contributed by atoms with van der Waals surface area (Å²) in [6, 6.07) is 11.9. The van der Waals surface area contributed by atoms with Crippen molar-refractivity contribution < 1.29 is 46.9 Å². The third-order valence-electron chi connectivity index (χ3n) is 6.17. The van der Waals surface area contributed by atoms with E-state index in [-0.39, 0.29) is 28.2 Å². The van der Waals surface area contributed by atoms with Crippen LogP contribution in [0, 0.1) is 0 Å². The Morgan fingerprint density at radius 1 is 1.05 bits per heavy atom. The third-order valence-corrected chi connectivity index (χ3v) is 6.17. The lowest BCUT2D eigenvalue weighted by Crippen LogP contribution is -2.49. The number of hydrogen-bond donors (Lipinski definition) is 3. The second kappa shape index (κ2) is 11.6. The molecule has 0 spiro atoms. The van der Waals surface area contributed by atoms with Gasteiger partial charge in [-0.1, -0.05) is 12.1 Å². The van der Waals surface area contributed by atoms with Crippen molar-refractivity contribution in [3.05, 3.63) is 65.7 Å². The molecule has 4 rings (SSSR count). The highest BCUT2D eigenvalue weighted by Crippen LogP contribution is 2.34. The standard InChI is InChI=1S/C27H25F3N2O7/c1-37-23-13-18-16(4-2-5-21(18)39-26(36)27(28,29)30)12-19(23)25(35)38-22-6-3-11-31-14-20(22)32-24(34)15-7-9-17(33)10-8-15/h2,4-5,7-10,12-13,20,22,31,33H,3,6,11,14H2,1H3,(H,32,34)/t20-,22-/m1/s1. The monoisotopic (exact) mass is 546 g/mol. The number of benzene rings is 3. The van der Waals surface area contributed by atoms with Gasteiger partial charge in [0.1, 0.15) is 28.9 Å². The van der Waals surface area contributed by atoms with Gasteiger partial charge in [0.05, 0.1) is 13.2 Å². The quantitative estimate of drug-likeness (QED) is 0.316. The fourth-order valence-electron chi connectivity index (χ4n) is 4.22. The molecule has 12 heteroatoms. The van der Waals surface area contributed by atoms with E-state index >= 15 is 0 Å². The van der Waals surface area contributed by atoms with Crippen LogP contribution in [0.25, 0.3) is 10.8 Å². The Morgan fingerprint density at radius 2 is 1.79 bits per heavy atom. The molecule has 0 saturated carbocycles. The molecule has 2 atom stereocenters. The van der Waals surface area contributed by atoms with E-state index in [1.165, 1.54) is 61.7 Å². The van der Waals surface area contributed by atoms with Gasteiger partial charge in [-0.05, 0) is 67.2 Å². The second-order valence-corrected chi connectivity index (χ2v) is 8.83. The molecule has 9 nitrogen and oxygen atoms in total. The molecule has 0 bridgehead atoms. The van der Waals surface area contributed by atoms with E-state index in [1.54, 1.807) is 0 Å². The first-order valence-corrected chi connectivity index (χ1v) is 12.0. The fourth-order valence-corrected chi connectivity index (χ4v) is 4.22. The predicted molar refractivity (Wildman–Crippen MR) is 133 cm³/mol. The molecule has 3 aromatic carbocycles. The molecule has 39 heavy (non-hydrogen) atoms. The molecule has 206 valence electrons. The summed E-state index contributed by atoms with van der Waals surface area (Å²) in [5, 5.41) is 16.0. The van der Waals surface area contributed by atoms with E-state index in [9.17, 15) is 32.7 Å². The van der Waals surface area contributed by atoms with Crippen molar-refractivity contribution in [1.82, 2.24) is 10.6 Å². The van der Waals surface area contributed by atoms with Crippen LogP contribution in [0.5, 0.6) is 17.2 Å². The lowest BCUT2D eigenvalue weighted by Gasteiger charge is -2.26. The number of rotatable bonds is 6. The summed E-state index contributed by atoms with van der Waals surface area (Å²) in [5.74, 6) is -3.88. The Kier molecular flexibility index (Phi) is 8.24. The summed E-state index contributed by atoms with van der Waals surface area (Å²) in [7, 11) is 1.28. The minimum atomic E-state index is -5.18. The highest BCUT2D eigenvalue weighted by atomic mass is 19.4. The number of esters is 2. The van der Waals surface area contributed by atoms with Crippen LogP contribution in [0.4, 0.5) is 13.2 Å². The molecule has 0 aromatic heterocycles. The molecule has 1 amide bonds. The highest BCUT2D eigenvalue weighted by Gasteiger charge is 2.41. The molecular formula is C27H25F3N2O7. The number of methoxy groups -OCH3 is 1. The van der Waals surface area contributed by atoms with E-state index < -0.39 is 36.2 Å². The molecule has 1 heterocycles. The summed E-state index contributed by atoms with van der Waals surface area (Å²) in [6.07, 6.45) is -4.76. The van der Waals surface area contributed by atoms with Gasteiger partial charge in [-0.25, -0.2) is 9.59 Å². The molecule has 3 aromatic rings. The Balaban J connectivity index is 1.57. The first-order chi connectivity index (χ1) is 18.6. The number of fused-ring (bicyclic) bond motifs is 1. The van der Waals surface area contributed by atoms with Crippen molar-refractivity contribution in [1.29, 1.82) is 0 Å². The summed E-state index contributed by atoms with van der Waals surface area (Å²) < 4.78 is 53.8. The van der Waals surface area contributed by atoms with Crippen molar-refractivity contribution in [2.24, 2.45) is 0 Å². The molecule has 1 saturated heterocycles. The van der Waals surface area contributed by atoms with Crippen LogP contribution in [0.1, 0.15) is 33.6 Å². The second-order valence-electron chi connectivity index (χ2n) is 8.83. The van der Waals surface area contributed by atoms with Crippen molar-refractivity contribution in [2.45, 2.75) is 31.2 Å². The zero-order chi connectivity index (χ0) is 28.2. The van der Waals surface area contributed by atoms with Crippen LogP contribution in [0.2, 0.25) is 0 Å². The summed E-state index contributed by atoms with van der Waals surface area (Å²) >= 11 is 0. The average Bonchev–Trinajstić information content (AvgIpc) is 3.12. The number of amides is 1. The van der Waals surface area contributed by atoms with Gasteiger partial charge in [0, 0.05) is 17.5 Å². The SMILES string of the molecule is COc1cc2c(OC(=O)C(F)(F)F)cccc2cc1C(=O)O[C@@H]1CCCNC[C@H]1NC(=O)c1ccc(O)cc1.